The van der Waals surface area contributed by atoms with Gasteiger partial charge in [0.25, 0.3) is 5.91 Å². The fourth-order valence-electron chi connectivity index (χ4n) is 3.60. The summed E-state index contributed by atoms with van der Waals surface area (Å²) in [5.41, 5.74) is 8.11. The molecular formula is C17H24N4O2. The summed E-state index contributed by atoms with van der Waals surface area (Å²) < 4.78 is 0. The maximum atomic E-state index is 13.0. The number of rotatable bonds is 3. The Labute approximate surface area is 136 Å². The average molecular weight is 316 g/mol. The van der Waals surface area contributed by atoms with E-state index >= 15 is 0 Å². The molecule has 2 fully saturated rings. The Morgan fingerprint density at radius 3 is 2.83 bits per heavy atom. The van der Waals surface area contributed by atoms with Crippen molar-refractivity contribution in [3.05, 3.63) is 29.3 Å². The molecule has 0 bridgehead atoms. The number of amides is 3. The van der Waals surface area contributed by atoms with Crippen LogP contribution in [-0.2, 0) is 0 Å². The van der Waals surface area contributed by atoms with Crippen LogP contribution in [0.2, 0.25) is 0 Å². The summed E-state index contributed by atoms with van der Waals surface area (Å²) in [6.45, 7) is 6.58. The number of hydrogen-bond acceptors (Lipinski definition) is 3. The lowest BCUT2D eigenvalue weighted by Gasteiger charge is -2.24. The SMILES string of the molecule is Cc1c(C(=O)N2CC(CN)CC2C)cccc1N1CCNC1=O. The summed E-state index contributed by atoms with van der Waals surface area (Å²) in [5.74, 6) is 0.411. The van der Waals surface area contributed by atoms with Crippen LogP contribution in [0.4, 0.5) is 10.5 Å². The lowest BCUT2D eigenvalue weighted by molar-refractivity contribution is 0.0742. The van der Waals surface area contributed by atoms with E-state index < -0.39 is 0 Å². The van der Waals surface area contributed by atoms with Crippen molar-refractivity contribution in [3.8, 4) is 0 Å². The summed E-state index contributed by atoms with van der Waals surface area (Å²) in [5, 5.41) is 2.80. The van der Waals surface area contributed by atoms with E-state index in [2.05, 4.69) is 12.2 Å². The number of nitrogens with one attached hydrogen (secondary N) is 1. The Bertz CT molecular complexity index is 631. The van der Waals surface area contributed by atoms with E-state index in [1.54, 1.807) is 4.90 Å². The van der Waals surface area contributed by atoms with Crippen molar-refractivity contribution in [2.45, 2.75) is 26.3 Å². The fraction of sp³-hybridized carbons (Fsp3) is 0.529. The van der Waals surface area contributed by atoms with E-state index in [1.807, 2.05) is 30.0 Å². The van der Waals surface area contributed by atoms with Gasteiger partial charge in [-0.1, -0.05) is 6.07 Å². The molecule has 3 N–H and O–H groups in total. The highest BCUT2D eigenvalue weighted by atomic mass is 16.2. The third kappa shape index (κ3) is 2.79. The van der Waals surface area contributed by atoms with Crippen molar-refractivity contribution < 1.29 is 9.59 Å². The number of nitrogens with two attached hydrogens (primary N) is 1. The highest BCUT2D eigenvalue weighted by Gasteiger charge is 2.33. The number of urea groups is 1. The van der Waals surface area contributed by atoms with Gasteiger partial charge in [0, 0.05) is 36.9 Å². The van der Waals surface area contributed by atoms with Gasteiger partial charge in [0.1, 0.15) is 0 Å². The van der Waals surface area contributed by atoms with Gasteiger partial charge in [-0.05, 0) is 50.4 Å². The van der Waals surface area contributed by atoms with E-state index in [9.17, 15) is 9.59 Å². The minimum atomic E-state index is -0.101. The summed E-state index contributed by atoms with van der Waals surface area (Å²) in [6.07, 6.45) is 0.954. The van der Waals surface area contributed by atoms with Crippen LogP contribution in [0.25, 0.3) is 0 Å². The second kappa shape index (κ2) is 6.20. The van der Waals surface area contributed by atoms with Crippen molar-refractivity contribution >= 4 is 17.6 Å². The van der Waals surface area contributed by atoms with Crippen molar-refractivity contribution in [1.82, 2.24) is 10.2 Å². The lowest BCUT2D eigenvalue weighted by Crippen LogP contribution is -2.35. The molecular weight excluding hydrogens is 292 g/mol. The average Bonchev–Trinajstić information content (AvgIpc) is 3.12. The molecule has 0 aliphatic carbocycles. The Kier molecular flexibility index (Phi) is 4.26. The summed E-state index contributed by atoms with van der Waals surface area (Å²) in [4.78, 5) is 28.5. The summed E-state index contributed by atoms with van der Waals surface area (Å²) >= 11 is 0. The molecule has 6 heteroatoms. The van der Waals surface area contributed by atoms with Crippen LogP contribution >= 0.6 is 0 Å². The van der Waals surface area contributed by atoms with E-state index in [4.69, 9.17) is 5.73 Å². The Morgan fingerprint density at radius 1 is 1.43 bits per heavy atom. The van der Waals surface area contributed by atoms with Crippen molar-refractivity contribution in [2.24, 2.45) is 11.7 Å². The molecule has 0 saturated carbocycles. The van der Waals surface area contributed by atoms with Crippen LogP contribution in [0.15, 0.2) is 18.2 Å². The number of nitrogens with zero attached hydrogens (tertiary/aromatic N) is 2. The topological polar surface area (TPSA) is 78.7 Å². The first-order valence-electron chi connectivity index (χ1n) is 8.19. The van der Waals surface area contributed by atoms with E-state index in [1.165, 1.54) is 0 Å². The molecule has 6 nitrogen and oxygen atoms in total. The molecule has 3 amide bonds. The molecule has 2 unspecified atom stereocenters. The second-order valence-electron chi connectivity index (χ2n) is 6.48. The predicted octanol–water partition coefficient (Wildman–Crippen LogP) is 1.33. The predicted molar refractivity (Wildman–Crippen MR) is 89.6 cm³/mol. The minimum Gasteiger partial charge on any atom is -0.336 e. The first-order valence-corrected chi connectivity index (χ1v) is 8.19. The van der Waals surface area contributed by atoms with Gasteiger partial charge in [-0.15, -0.1) is 0 Å². The van der Waals surface area contributed by atoms with Gasteiger partial charge in [0.05, 0.1) is 0 Å². The summed E-state index contributed by atoms with van der Waals surface area (Å²) in [6, 6.07) is 5.69. The molecule has 3 rings (SSSR count). The molecule has 1 aromatic rings. The van der Waals surface area contributed by atoms with Gasteiger partial charge in [-0.3, -0.25) is 9.69 Å². The van der Waals surface area contributed by atoms with Crippen molar-refractivity contribution in [1.29, 1.82) is 0 Å². The second-order valence-corrected chi connectivity index (χ2v) is 6.48. The first-order chi connectivity index (χ1) is 11.0. The van der Waals surface area contributed by atoms with Crippen LogP contribution in [0.5, 0.6) is 0 Å². The molecule has 2 saturated heterocycles. The minimum absolute atomic E-state index is 0.0346. The third-order valence-corrected chi connectivity index (χ3v) is 4.94. The van der Waals surface area contributed by atoms with Gasteiger partial charge in [0.2, 0.25) is 0 Å². The Hall–Kier alpha value is -2.08. The molecule has 2 aliphatic heterocycles. The third-order valence-electron chi connectivity index (χ3n) is 4.94. The van der Waals surface area contributed by atoms with E-state index in [0.717, 1.165) is 17.7 Å². The molecule has 23 heavy (non-hydrogen) atoms. The molecule has 2 aliphatic rings. The molecule has 0 spiro atoms. The fourth-order valence-corrected chi connectivity index (χ4v) is 3.60. The molecule has 124 valence electrons. The van der Waals surface area contributed by atoms with E-state index in [0.29, 0.717) is 37.7 Å². The molecule has 0 aromatic heterocycles. The van der Waals surface area contributed by atoms with Gasteiger partial charge in [-0.25, -0.2) is 4.79 Å². The van der Waals surface area contributed by atoms with Crippen molar-refractivity contribution in [3.63, 3.8) is 0 Å². The van der Waals surface area contributed by atoms with Gasteiger partial charge >= 0.3 is 6.03 Å². The monoisotopic (exact) mass is 316 g/mol. The number of carbonyl (C=O) groups is 2. The lowest BCUT2D eigenvalue weighted by atomic mass is 10.0. The number of likely N-dealkylation sites (tertiary alicyclic amines) is 1. The maximum Gasteiger partial charge on any atom is 0.322 e. The standard InChI is InChI=1S/C17H24N4O2/c1-11-8-13(9-18)10-21(11)16(22)14-4-3-5-15(12(14)2)20-7-6-19-17(20)23/h3-5,11,13H,6-10,18H2,1-2H3,(H,19,23). The normalized spacial score (nSPS) is 24.2. The highest BCUT2D eigenvalue weighted by molar-refractivity contribution is 6.00. The Balaban J connectivity index is 1.88. The van der Waals surface area contributed by atoms with Crippen LogP contribution in [0, 0.1) is 12.8 Å². The van der Waals surface area contributed by atoms with Gasteiger partial charge in [0.15, 0.2) is 0 Å². The van der Waals surface area contributed by atoms with Crippen LogP contribution in [-0.4, -0.2) is 49.1 Å². The van der Waals surface area contributed by atoms with Crippen LogP contribution in [0.3, 0.4) is 0 Å². The smallest absolute Gasteiger partial charge is 0.322 e. The quantitative estimate of drug-likeness (QED) is 0.883. The largest absolute Gasteiger partial charge is 0.336 e. The van der Waals surface area contributed by atoms with E-state index in [-0.39, 0.29) is 18.0 Å². The number of carbonyl (C=O) groups excluding carboxylic acids is 2. The number of anilines is 1. The van der Waals surface area contributed by atoms with Gasteiger partial charge < -0.3 is 16.0 Å². The highest BCUT2D eigenvalue weighted by Crippen LogP contribution is 2.29. The molecule has 0 radical (unpaired) electrons. The molecule has 1 aromatic carbocycles. The van der Waals surface area contributed by atoms with Crippen molar-refractivity contribution in [2.75, 3.05) is 31.1 Å². The zero-order chi connectivity index (χ0) is 16.6. The van der Waals surface area contributed by atoms with Crippen LogP contribution < -0.4 is 16.0 Å². The number of benzene rings is 1. The van der Waals surface area contributed by atoms with Gasteiger partial charge in [-0.2, -0.15) is 0 Å². The maximum absolute atomic E-state index is 13.0. The first kappa shape index (κ1) is 15.8. The zero-order valence-corrected chi connectivity index (χ0v) is 13.7. The molecule has 2 heterocycles. The zero-order valence-electron chi connectivity index (χ0n) is 13.7. The number of hydrogen-bond donors (Lipinski definition) is 2. The Morgan fingerprint density at radius 2 is 2.22 bits per heavy atom. The molecule has 2 atom stereocenters. The van der Waals surface area contributed by atoms with Crippen LogP contribution in [0.1, 0.15) is 29.3 Å². The summed E-state index contributed by atoms with van der Waals surface area (Å²) in [7, 11) is 0.